The Bertz CT molecular complexity index is 547. The minimum atomic E-state index is 0.150. The van der Waals surface area contributed by atoms with Crippen LogP contribution in [0.1, 0.15) is 13.8 Å². The molecule has 0 bridgehead atoms. The zero-order valence-corrected chi connectivity index (χ0v) is 12.2. The smallest absolute Gasteiger partial charge is 0.169 e. The Labute approximate surface area is 113 Å². The Morgan fingerprint density at radius 1 is 1.44 bits per heavy atom. The molecule has 4 heteroatoms. The van der Waals surface area contributed by atoms with Crippen molar-refractivity contribution >= 4 is 45.4 Å². The van der Waals surface area contributed by atoms with E-state index in [0.29, 0.717) is 3.92 Å². The molecule has 1 aromatic carbocycles. The van der Waals surface area contributed by atoms with Gasteiger partial charge in [0.05, 0.1) is 16.6 Å². The summed E-state index contributed by atoms with van der Waals surface area (Å²) in [7, 11) is 0. The maximum absolute atomic E-state index is 4.71. The van der Waals surface area contributed by atoms with Crippen LogP contribution < -0.4 is 0 Å². The fourth-order valence-corrected chi connectivity index (χ4v) is 4.30. The first kappa shape index (κ1) is 10.9. The van der Waals surface area contributed by atoms with Crippen molar-refractivity contribution in [2.24, 2.45) is 0 Å². The van der Waals surface area contributed by atoms with Crippen molar-refractivity contribution in [1.82, 2.24) is 9.55 Å². The molecule has 16 heavy (non-hydrogen) atoms. The normalized spacial score (nSPS) is 23.3. The molecule has 1 aromatic heterocycles. The predicted molar refractivity (Wildman–Crippen MR) is 77.6 cm³/mol. The number of thioether (sulfide) groups is 1. The minimum Gasteiger partial charge on any atom is -0.312 e. The Hall–Kier alpha value is -0.230. The minimum absolute atomic E-state index is 0.150. The van der Waals surface area contributed by atoms with E-state index in [0.717, 1.165) is 11.3 Å². The lowest BCUT2D eigenvalue weighted by Crippen LogP contribution is -2.40. The van der Waals surface area contributed by atoms with Crippen LogP contribution in [0.25, 0.3) is 11.0 Å². The van der Waals surface area contributed by atoms with Crippen LogP contribution in [0.2, 0.25) is 0 Å². The molecular weight excluding hydrogens is 331 g/mol. The number of alkyl halides is 1. The van der Waals surface area contributed by atoms with Gasteiger partial charge in [0, 0.05) is 9.68 Å². The number of aromatic nitrogens is 2. The van der Waals surface area contributed by atoms with Gasteiger partial charge in [0.1, 0.15) is 0 Å². The molecule has 2 nitrogen and oxygen atoms in total. The van der Waals surface area contributed by atoms with E-state index < -0.39 is 0 Å². The fourth-order valence-electron chi connectivity index (χ4n) is 2.15. The molecule has 0 aliphatic carbocycles. The number of fused-ring (bicyclic) bond motifs is 3. The van der Waals surface area contributed by atoms with E-state index in [-0.39, 0.29) is 5.54 Å². The average molecular weight is 344 g/mol. The van der Waals surface area contributed by atoms with E-state index in [1.54, 1.807) is 0 Å². The highest BCUT2D eigenvalue weighted by Gasteiger charge is 2.36. The standard InChI is InChI=1S/C12H13IN2S/c1-12(2)10(13)7-16-11-14-8-5-3-4-6-9(8)15(11)12/h3-6,10H,7H2,1-2H3. The first-order valence-corrected chi connectivity index (χ1v) is 7.58. The molecule has 84 valence electrons. The number of hydrogen-bond acceptors (Lipinski definition) is 2. The van der Waals surface area contributed by atoms with Crippen molar-refractivity contribution in [1.29, 1.82) is 0 Å². The highest BCUT2D eigenvalue weighted by atomic mass is 127. The third-order valence-electron chi connectivity index (χ3n) is 3.23. The van der Waals surface area contributed by atoms with Crippen LogP contribution in [0.3, 0.4) is 0 Å². The summed E-state index contributed by atoms with van der Waals surface area (Å²) < 4.78 is 3.04. The average Bonchev–Trinajstić information content (AvgIpc) is 2.63. The van der Waals surface area contributed by atoms with Crippen molar-refractivity contribution in [3.63, 3.8) is 0 Å². The first-order chi connectivity index (χ1) is 7.60. The zero-order valence-electron chi connectivity index (χ0n) is 9.27. The number of benzene rings is 1. The summed E-state index contributed by atoms with van der Waals surface area (Å²) in [6, 6.07) is 8.41. The van der Waals surface area contributed by atoms with Gasteiger partial charge in [0.2, 0.25) is 0 Å². The summed E-state index contributed by atoms with van der Waals surface area (Å²) in [6.07, 6.45) is 0. The second kappa shape index (κ2) is 3.63. The second-order valence-corrected chi connectivity index (χ2v) is 7.14. The molecule has 0 saturated heterocycles. The van der Waals surface area contributed by atoms with Gasteiger partial charge in [-0.05, 0) is 26.0 Å². The van der Waals surface area contributed by atoms with Gasteiger partial charge in [-0.25, -0.2) is 4.98 Å². The monoisotopic (exact) mass is 344 g/mol. The number of rotatable bonds is 0. The highest BCUT2D eigenvalue weighted by molar-refractivity contribution is 14.1. The van der Waals surface area contributed by atoms with Gasteiger partial charge in [0.25, 0.3) is 0 Å². The topological polar surface area (TPSA) is 17.8 Å². The molecule has 0 amide bonds. The number of nitrogens with zero attached hydrogens (tertiary/aromatic N) is 2. The van der Waals surface area contributed by atoms with E-state index in [4.69, 9.17) is 4.98 Å². The molecule has 0 fully saturated rings. The van der Waals surface area contributed by atoms with E-state index in [9.17, 15) is 0 Å². The number of imidazole rings is 1. The Morgan fingerprint density at radius 3 is 3.00 bits per heavy atom. The van der Waals surface area contributed by atoms with Gasteiger partial charge in [-0.2, -0.15) is 0 Å². The van der Waals surface area contributed by atoms with E-state index >= 15 is 0 Å². The van der Waals surface area contributed by atoms with Crippen molar-refractivity contribution in [2.75, 3.05) is 5.75 Å². The van der Waals surface area contributed by atoms with Crippen molar-refractivity contribution in [3.8, 4) is 0 Å². The maximum atomic E-state index is 4.71. The van der Waals surface area contributed by atoms with Crippen LogP contribution in [0.15, 0.2) is 29.4 Å². The predicted octanol–water partition coefficient (Wildman–Crippen LogP) is 3.68. The van der Waals surface area contributed by atoms with Gasteiger partial charge >= 0.3 is 0 Å². The molecule has 2 heterocycles. The highest BCUT2D eigenvalue weighted by Crippen LogP contribution is 2.41. The third-order valence-corrected chi connectivity index (χ3v) is 6.83. The van der Waals surface area contributed by atoms with Crippen LogP contribution in [-0.4, -0.2) is 19.2 Å². The first-order valence-electron chi connectivity index (χ1n) is 5.35. The Morgan fingerprint density at radius 2 is 2.19 bits per heavy atom. The van der Waals surface area contributed by atoms with Crippen molar-refractivity contribution in [2.45, 2.75) is 28.5 Å². The summed E-state index contributed by atoms with van der Waals surface area (Å²) in [6.45, 7) is 4.61. The summed E-state index contributed by atoms with van der Waals surface area (Å²) in [5.74, 6) is 1.15. The lowest BCUT2D eigenvalue weighted by Gasteiger charge is -2.37. The van der Waals surface area contributed by atoms with Crippen LogP contribution in [0, 0.1) is 0 Å². The molecule has 1 aliphatic rings. The SMILES string of the molecule is CC1(C)C(I)CSc2nc3ccccc3n21. The van der Waals surface area contributed by atoms with Crippen molar-refractivity contribution < 1.29 is 0 Å². The largest absolute Gasteiger partial charge is 0.312 e. The van der Waals surface area contributed by atoms with Gasteiger partial charge < -0.3 is 4.57 Å². The molecule has 1 aliphatic heterocycles. The molecule has 0 spiro atoms. The van der Waals surface area contributed by atoms with Gasteiger partial charge in [-0.15, -0.1) is 0 Å². The van der Waals surface area contributed by atoms with E-state index in [1.807, 2.05) is 11.8 Å². The molecule has 1 atom stereocenters. The van der Waals surface area contributed by atoms with Gasteiger partial charge in [-0.3, -0.25) is 0 Å². The lowest BCUT2D eigenvalue weighted by molar-refractivity contribution is 0.341. The number of hydrogen-bond donors (Lipinski definition) is 0. The molecule has 2 aromatic rings. The lowest BCUT2D eigenvalue weighted by atomic mass is 10.0. The summed E-state index contributed by atoms with van der Waals surface area (Å²) in [4.78, 5) is 4.71. The third kappa shape index (κ3) is 1.42. The summed E-state index contributed by atoms with van der Waals surface area (Å²) in [5.41, 5.74) is 2.52. The maximum Gasteiger partial charge on any atom is 0.169 e. The van der Waals surface area contributed by atoms with Crippen LogP contribution in [0.4, 0.5) is 0 Å². The van der Waals surface area contributed by atoms with Crippen molar-refractivity contribution in [3.05, 3.63) is 24.3 Å². The van der Waals surface area contributed by atoms with Crippen LogP contribution >= 0.6 is 34.4 Å². The number of halogens is 1. The quantitative estimate of drug-likeness (QED) is 0.536. The molecule has 0 N–H and O–H groups in total. The molecule has 0 radical (unpaired) electrons. The van der Waals surface area contributed by atoms with E-state index in [1.165, 1.54) is 10.7 Å². The summed E-state index contributed by atoms with van der Waals surface area (Å²) in [5, 5.41) is 1.17. The molecular formula is C12H13IN2S. The molecule has 1 unspecified atom stereocenters. The summed E-state index contributed by atoms with van der Waals surface area (Å²) >= 11 is 4.43. The van der Waals surface area contributed by atoms with Crippen LogP contribution in [-0.2, 0) is 5.54 Å². The number of para-hydroxylation sites is 2. The molecule has 3 rings (SSSR count). The van der Waals surface area contributed by atoms with Gasteiger partial charge in [-0.1, -0.05) is 46.5 Å². The van der Waals surface area contributed by atoms with E-state index in [2.05, 4.69) is 65.3 Å². The second-order valence-electron chi connectivity index (χ2n) is 4.65. The molecule has 0 saturated carbocycles. The Kier molecular flexibility index (Phi) is 2.47. The van der Waals surface area contributed by atoms with Crippen LogP contribution in [0.5, 0.6) is 0 Å². The van der Waals surface area contributed by atoms with Gasteiger partial charge in [0.15, 0.2) is 5.16 Å². The zero-order chi connectivity index (χ0) is 11.3. The fraction of sp³-hybridized carbons (Fsp3) is 0.417. The Balaban J connectivity index is 2.35.